The highest BCUT2D eigenvalue weighted by Crippen LogP contribution is 2.20. The quantitative estimate of drug-likeness (QED) is 0.522. The van der Waals surface area contributed by atoms with Gasteiger partial charge in [-0.3, -0.25) is 9.59 Å². The number of hydrogen-bond donors (Lipinski definition) is 0. The number of amides is 2. The second-order valence-corrected chi connectivity index (χ2v) is 7.67. The van der Waals surface area contributed by atoms with Crippen LogP contribution in [-0.2, 0) is 27.9 Å². The molecule has 9 heteroatoms. The molecule has 0 fully saturated rings. The number of methoxy groups -OCH3 is 2. The Balaban J connectivity index is 2.19. The molecule has 1 aromatic heterocycles. The SMILES string of the molecule is COCCN(Cc1cccn1C)C(=O)CN(CCOC)C(=O)c1cc(Cl)cc(Cl)c1. The first-order chi connectivity index (χ1) is 14.3. The smallest absolute Gasteiger partial charge is 0.254 e. The number of benzene rings is 1. The van der Waals surface area contributed by atoms with Crippen molar-refractivity contribution in [2.75, 3.05) is 47.1 Å². The zero-order valence-corrected chi connectivity index (χ0v) is 18.9. The number of aryl methyl sites for hydroxylation is 1. The van der Waals surface area contributed by atoms with Gasteiger partial charge < -0.3 is 23.8 Å². The standard InChI is InChI=1S/C21H27Cl2N3O4/c1-24-6-4-5-19(24)14-25(7-9-29-2)20(27)15-26(8-10-30-3)21(28)16-11-17(22)13-18(23)12-16/h4-6,11-13H,7-10,14-15H2,1-3H3. The van der Waals surface area contributed by atoms with Crippen molar-refractivity contribution in [3.63, 3.8) is 0 Å². The normalized spacial score (nSPS) is 10.8. The Bertz CT molecular complexity index is 836. The number of hydrogen-bond acceptors (Lipinski definition) is 4. The van der Waals surface area contributed by atoms with Crippen LogP contribution in [0.5, 0.6) is 0 Å². The minimum Gasteiger partial charge on any atom is -0.383 e. The summed E-state index contributed by atoms with van der Waals surface area (Å²) in [4.78, 5) is 29.3. The summed E-state index contributed by atoms with van der Waals surface area (Å²) in [6, 6.07) is 8.50. The molecule has 0 bridgehead atoms. The molecule has 0 spiro atoms. The molecule has 1 aromatic carbocycles. The Labute approximate surface area is 187 Å². The van der Waals surface area contributed by atoms with Gasteiger partial charge in [0.25, 0.3) is 5.91 Å². The molecule has 0 unspecified atom stereocenters. The molecule has 0 saturated carbocycles. The average molecular weight is 456 g/mol. The first kappa shape index (κ1) is 24.2. The molecule has 30 heavy (non-hydrogen) atoms. The van der Waals surface area contributed by atoms with Gasteiger partial charge in [0, 0.05) is 61.9 Å². The van der Waals surface area contributed by atoms with Gasteiger partial charge >= 0.3 is 0 Å². The third kappa shape index (κ3) is 7.02. The second kappa shape index (κ2) is 12.0. The maximum Gasteiger partial charge on any atom is 0.254 e. The lowest BCUT2D eigenvalue weighted by Crippen LogP contribution is -2.45. The molecular formula is C21H27Cl2N3O4. The molecular weight excluding hydrogens is 429 g/mol. The molecule has 2 rings (SSSR count). The van der Waals surface area contributed by atoms with Gasteiger partial charge in [-0.1, -0.05) is 23.2 Å². The summed E-state index contributed by atoms with van der Waals surface area (Å²) in [6.07, 6.45) is 1.92. The summed E-state index contributed by atoms with van der Waals surface area (Å²) >= 11 is 12.1. The fourth-order valence-corrected chi connectivity index (χ4v) is 3.45. The Morgan fingerprint density at radius 1 is 1.00 bits per heavy atom. The van der Waals surface area contributed by atoms with E-state index in [0.717, 1.165) is 5.69 Å². The lowest BCUT2D eigenvalue weighted by atomic mass is 10.2. The van der Waals surface area contributed by atoms with Gasteiger partial charge in [0.2, 0.25) is 5.91 Å². The number of aromatic nitrogens is 1. The summed E-state index contributed by atoms with van der Waals surface area (Å²) in [5, 5.41) is 0.712. The predicted molar refractivity (Wildman–Crippen MR) is 117 cm³/mol. The van der Waals surface area contributed by atoms with E-state index in [0.29, 0.717) is 41.9 Å². The van der Waals surface area contributed by atoms with Crippen LogP contribution < -0.4 is 0 Å². The summed E-state index contributed by atoms with van der Waals surface area (Å²) in [7, 11) is 5.05. The Morgan fingerprint density at radius 3 is 2.13 bits per heavy atom. The van der Waals surface area contributed by atoms with Crippen molar-refractivity contribution in [2.45, 2.75) is 6.54 Å². The van der Waals surface area contributed by atoms with Gasteiger partial charge in [0.15, 0.2) is 0 Å². The van der Waals surface area contributed by atoms with Crippen LogP contribution in [0.25, 0.3) is 0 Å². The van der Waals surface area contributed by atoms with Gasteiger partial charge in [0.05, 0.1) is 19.8 Å². The number of carbonyl (C=O) groups excluding carboxylic acids is 2. The molecule has 7 nitrogen and oxygen atoms in total. The number of ether oxygens (including phenoxy) is 2. The molecule has 0 saturated heterocycles. The average Bonchev–Trinajstić information content (AvgIpc) is 3.11. The minimum absolute atomic E-state index is 0.0968. The lowest BCUT2D eigenvalue weighted by Gasteiger charge is -2.28. The monoisotopic (exact) mass is 455 g/mol. The second-order valence-electron chi connectivity index (χ2n) is 6.80. The van der Waals surface area contributed by atoms with Crippen LogP contribution >= 0.6 is 23.2 Å². The largest absolute Gasteiger partial charge is 0.383 e. The maximum atomic E-state index is 13.1. The van der Waals surface area contributed by atoms with Crippen molar-refractivity contribution in [3.05, 3.63) is 57.8 Å². The van der Waals surface area contributed by atoms with E-state index in [1.165, 1.54) is 17.0 Å². The van der Waals surface area contributed by atoms with Crippen LogP contribution in [-0.4, -0.2) is 73.2 Å². The van der Waals surface area contributed by atoms with Crippen LogP contribution in [0.1, 0.15) is 16.1 Å². The number of rotatable bonds is 11. The Kier molecular flexibility index (Phi) is 9.65. The van der Waals surface area contributed by atoms with Gasteiger partial charge in [0.1, 0.15) is 6.54 Å². The van der Waals surface area contributed by atoms with E-state index >= 15 is 0 Å². The minimum atomic E-state index is -0.338. The molecule has 0 radical (unpaired) electrons. The van der Waals surface area contributed by atoms with E-state index in [9.17, 15) is 9.59 Å². The van der Waals surface area contributed by atoms with E-state index < -0.39 is 0 Å². The fraction of sp³-hybridized carbons (Fsp3) is 0.429. The molecule has 0 aliphatic rings. The fourth-order valence-electron chi connectivity index (χ4n) is 2.93. The molecule has 2 amide bonds. The summed E-state index contributed by atoms with van der Waals surface area (Å²) in [5.74, 6) is -0.527. The van der Waals surface area contributed by atoms with Crippen molar-refractivity contribution < 1.29 is 19.1 Å². The van der Waals surface area contributed by atoms with Crippen LogP contribution in [0.2, 0.25) is 10.0 Å². The lowest BCUT2D eigenvalue weighted by molar-refractivity contribution is -0.133. The van der Waals surface area contributed by atoms with Crippen LogP contribution in [0, 0.1) is 0 Å². The van der Waals surface area contributed by atoms with Crippen molar-refractivity contribution in [3.8, 4) is 0 Å². The molecule has 164 valence electrons. The van der Waals surface area contributed by atoms with Gasteiger partial charge in [-0.2, -0.15) is 0 Å². The molecule has 0 aliphatic heterocycles. The Morgan fingerprint density at radius 2 is 1.60 bits per heavy atom. The van der Waals surface area contributed by atoms with Gasteiger partial charge in [-0.25, -0.2) is 0 Å². The number of carbonyl (C=O) groups is 2. The van der Waals surface area contributed by atoms with E-state index in [2.05, 4.69) is 0 Å². The zero-order chi connectivity index (χ0) is 22.1. The maximum absolute atomic E-state index is 13.1. The predicted octanol–water partition coefficient (Wildman–Crippen LogP) is 3.10. The van der Waals surface area contributed by atoms with Crippen molar-refractivity contribution >= 4 is 35.0 Å². The van der Waals surface area contributed by atoms with Gasteiger partial charge in [-0.15, -0.1) is 0 Å². The third-order valence-corrected chi connectivity index (χ3v) is 5.05. The summed E-state index contributed by atoms with van der Waals surface area (Å²) < 4.78 is 12.2. The van der Waals surface area contributed by atoms with Crippen LogP contribution in [0.3, 0.4) is 0 Å². The van der Waals surface area contributed by atoms with E-state index in [1.807, 2.05) is 29.9 Å². The van der Waals surface area contributed by atoms with Gasteiger partial charge in [-0.05, 0) is 30.3 Å². The zero-order valence-electron chi connectivity index (χ0n) is 17.4. The van der Waals surface area contributed by atoms with E-state index in [4.69, 9.17) is 32.7 Å². The Hall–Kier alpha value is -2.06. The molecule has 1 heterocycles. The van der Waals surface area contributed by atoms with Crippen molar-refractivity contribution in [2.24, 2.45) is 7.05 Å². The van der Waals surface area contributed by atoms with E-state index in [-0.39, 0.29) is 24.9 Å². The number of halogens is 2. The molecule has 0 atom stereocenters. The highest BCUT2D eigenvalue weighted by Gasteiger charge is 2.23. The highest BCUT2D eigenvalue weighted by atomic mass is 35.5. The number of nitrogens with zero attached hydrogens (tertiary/aromatic N) is 3. The summed E-state index contributed by atoms with van der Waals surface area (Å²) in [6.45, 7) is 1.68. The van der Waals surface area contributed by atoms with Crippen LogP contribution in [0.15, 0.2) is 36.5 Å². The van der Waals surface area contributed by atoms with Crippen molar-refractivity contribution in [1.29, 1.82) is 0 Å². The van der Waals surface area contributed by atoms with E-state index in [1.54, 1.807) is 25.2 Å². The molecule has 0 N–H and O–H groups in total. The molecule has 2 aromatic rings. The van der Waals surface area contributed by atoms with Crippen LogP contribution in [0.4, 0.5) is 0 Å². The summed E-state index contributed by atoms with van der Waals surface area (Å²) in [5.41, 5.74) is 1.30. The molecule has 0 aliphatic carbocycles. The third-order valence-electron chi connectivity index (χ3n) is 4.61. The highest BCUT2D eigenvalue weighted by molar-refractivity contribution is 6.35. The van der Waals surface area contributed by atoms with Crippen molar-refractivity contribution in [1.82, 2.24) is 14.4 Å². The first-order valence-corrected chi connectivity index (χ1v) is 10.2. The topological polar surface area (TPSA) is 64.0 Å². The first-order valence-electron chi connectivity index (χ1n) is 9.47.